The number of carboxylic acids is 1. The third kappa shape index (κ3) is 11.1. The molecule has 0 radical (unpaired) electrons. The van der Waals surface area contributed by atoms with Crippen molar-refractivity contribution in [2.45, 2.75) is 104 Å². The first-order valence-corrected chi connectivity index (χ1v) is 10.8. The Morgan fingerprint density at radius 3 is 2.37 bits per heavy atom. The lowest BCUT2D eigenvalue weighted by molar-refractivity contribution is -0.140. The van der Waals surface area contributed by atoms with E-state index < -0.39 is 5.97 Å². The summed E-state index contributed by atoms with van der Waals surface area (Å²) in [5, 5.41) is 8.60. The van der Waals surface area contributed by atoms with E-state index in [2.05, 4.69) is 19.9 Å². The van der Waals surface area contributed by atoms with Gasteiger partial charge in [-0.05, 0) is 58.3 Å². The minimum atomic E-state index is -1.05. The van der Waals surface area contributed by atoms with E-state index in [1.54, 1.807) is 0 Å². The number of Topliss-reactive ketones (excluding diaryl/α,β-unsaturated/α-hetero) is 2. The van der Waals surface area contributed by atoms with Gasteiger partial charge < -0.3 is 5.11 Å². The van der Waals surface area contributed by atoms with Crippen LogP contribution in [-0.2, 0) is 14.4 Å². The molecule has 1 N–H and O–H groups in total. The fourth-order valence-electron chi connectivity index (χ4n) is 4.13. The van der Waals surface area contributed by atoms with Crippen LogP contribution in [0.1, 0.15) is 104 Å². The summed E-state index contributed by atoms with van der Waals surface area (Å²) in [5.74, 6) is -0.155. The second kappa shape index (κ2) is 13.7. The van der Waals surface area contributed by atoms with Crippen molar-refractivity contribution in [2.75, 3.05) is 0 Å². The summed E-state index contributed by atoms with van der Waals surface area (Å²) in [6.07, 6.45) is 15.1. The number of carbonyl (C=O) groups excluding carboxylic acids is 2. The van der Waals surface area contributed by atoms with Crippen LogP contribution in [0, 0.1) is 11.8 Å². The molecule has 1 rings (SSSR count). The van der Waals surface area contributed by atoms with E-state index >= 15 is 0 Å². The first-order chi connectivity index (χ1) is 12.9. The Kier molecular flexibility index (Phi) is 12.0. The Balaban J connectivity index is 2.14. The van der Waals surface area contributed by atoms with Crippen molar-refractivity contribution in [3.05, 3.63) is 11.6 Å². The second-order valence-electron chi connectivity index (χ2n) is 8.35. The van der Waals surface area contributed by atoms with E-state index in [0.29, 0.717) is 24.5 Å². The van der Waals surface area contributed by atoms with Crippen molar-refractivity contribution < 1.29 is 19.5 Å². The summed E-state index contributed by atoms with van der Waals surface area (Å²) >= 11 is 0. The number of aliphatic carboxylic acids is 1. The van der Waals surface area contributed by atoms with Gasteiger partial charge in [0.2, 0.25) is 0 Å². The molecule has 0 spiro atoms. The molecule has 1 aliphatic carbocycles. The third-order valence-corrected chi connectivity index (χ3v) is 5.64. The predicted octanol–water partition coefficient (Wildman–Crippen LogP) is 5.88. The van der Waals surface area contributed by atoms with Crippen LogP contribution >= 0.6 is 0 Å². The van der Waals surface area contributed by atoms with Gasteiger partial charge in [0.25, 0.3) is 0 Å². The van der Waals surface area contributed by atoms with Gasteiger partial charge in [-0.15, -0.1) is 0 Å². The highest BCUT2D eigenvalue weighted by molar-refractivity contribution is 5.94. The highest BCUT2D eigenvalue weighted by Crippen LogP contribution is 2.36. The van der Waals surface area contributed by atoms with Gasteiger partial charge in [0, 0.05) is 18.8 Å². The Hall–Kier alpha value is -1.45. The molecule has 27 heavy (non-hydrogen) atoms. The van der Waals surface area contributed by atoms with Crippen molar-refractivity contribution in [1.82, 2.24) is 0 Å². The normalized spacial score (nSPS) is 19.3. The lowest BCUT2D eigenvalue weighted by Crippen LogP contribution is -2.15. The average molecular weight is 379 g/mol. The van der Waals surface area contributed by atoms with Gasteiger partial charge in [0.15, 0.2) is 0 Å². The molecule has 0 aromatic carbocycles. The van der Waals surface area contributed by atoms with E-state index in [-0.39, 0.29) is 18.1 Å². The van der Waals surface area contributed by atoms with E-state index in [9.17, 15) is 14.4 Å². The SMILES string of the molecule is CC(C)=CCCCCCCC[C@H]1CCC(=O)[C@@H]1CCCCC(=O)CC(=O)O. The van der Waals surface area contributed by atoms with E-state index in [1.807, 2.05) is 0 Å². The number of hydrogen-bond acceptors (Lipinski definition) is 3. The zero-order valence-electron chi connectivity index (χ0n) is 17.3. The Labute approximate surface area is 164 Å². The average Bonchev–Trinajstić information content (AvgIpc) is 2.93. The summed E-state index contributed by atoms with van der Waals surface area (Å²) < 4.78 is 0. The quantitative estimate of drug-likeness (QED) is 0.219. The van der Waals surface area contributed by atoms with Crippen molar-refractivity contribution in [2.24, 2.45) is 11.8 Å². The zero-order valence-corrected chi connectivity index (χ0v) is 17.3. The molecule has 4 nitrogen and oxygen atoms in total. The number of unbranched alkanes of at least 4 members (excludes halogenated alkanes) is 6. The molecule has 0 unspecified atom stereocenters. The van der Waals surface area contributed by atoms with E-state index in [1.165, 1.54) is 44.1 Å². The number of ketones is 2. The van der Waals surface area contributed by atoms with Crippen molar-refractivity contribution in [3.63, 3.8) is 0 Å². The van der Waals surface area contributed by atoms with Gasteiger partial charge in [-0.3, -0.25) is 14.4 Å². The first kappa shape index (κ1) is 23.6. The lowest BCUT2D eigenvalue weighted by Gasteiger charge is -2.18. The molecule has 2 atom stereocenters. The van der Waals surface area contributed by atoms with Crippen LogP contribution in [-0.4, -0.2) is 22.6 Å². The van der Waals surface area contributed by atoms with Crippen molar-refractivity contribution >= 4 is 17.5 Å². The lowest BCUT2D eigenvalue weighted by atomic mass is 9.86. The molecule has 0 aromatic rings. The maximum Gasteiger partial charge on any atom is 0.310 e. The molecule has 0 heterocycles. The Morgan fingerprint density at radius 1 is 1.00 bits per heavy atom. The van der Waals surface area contributed by atoms with E-state index in [0.717, 1.165) is 32.1 Å². The van der Waals surface area contributed by atoms with Crippen LogP contribution < -0.4 is 0 Å². The Morgan fingerprint density at radius 2 is 1.67 bits per heavy atom. The number of carbonyl (C=O) groups is 3. The molecule has 0 bridgehead atoms. The highest BCUT2D eigenvalue weighted by atomic mass is 16.4. The maximum atomic E-state index is 12.2. The van der Waals surface area contributed by atoms with Crippen molar-refractivity contribution in [1.29, 1.82) is 0 Å². The molecule has 1 saturated carbocycles. The van der Waals surface area contributed by atoms with Gasteiger partial charge in [-0.25, -0.2) is 0 Å². The predicted molar refractivity (Wildman–Crippen MR) is 109 cm³/mol. The minimum absolute atomic E-state index is 0.178. The molecule has 0 aliphatic heterocycles. The summed E-state index contributed by atoms with van der Waals surface area (Å²) in [7, 11) is 0. The minimum Gasteiger partial charge on any atom is -0.481 e. The van der Waals surface area contributed by atoms with Gasteiger partial charge in [0.1, 0.15) is 18.0 Å². The molecular formula is C23H38O4. The maximum absolute atomic E-state index is 12.2. The first-order valence-electron chi connectivity index (χ1n) is 10.8. The summed E-state index contributed by atoms with van der Waals surface area (Å²) in [4.78, 5) is 34.1. The number of allylic oxidation sites excluding steroid dienone is 2. The standard InChI is InChI=1S/C23H38O4/c1-18(2)11-7-5-3-4-6-8-12-19-15-16-22(25)21(19)14-10-9-13-20(24)17-23(26)27/h11,19,21H,3-10,12-17H2,1-2H3,(H,26,27)/t19-,21+/m0/s1. The van der Waals surface area contributed by atoms with Gasteiger partial charge in [0.05, 0.1) is 0 Å². The number of hydrogen-bond donors (Lipinski definition) is 1. The summed E-state index contributed by atoms with van der Waals surface area (Å²) in [6, 6.07) is 0. The highest BCUT2D eigenvalue weighted by Gasteiger charge is 2.33. The molecule has 0 saturated heterocycles. The molecule has 154 valence electrons. The molecule has 4 heteroatoms. The molecule has 1 aliphatic rings. The van der Waals surface area contributed by atoms with Gasteiger partial charge in [-0.2, -0.15) is 0 Å². The second-order valence-corrected chi connectivity index (χ2v) is 8.35. The van der Waals surface area contributed by atoms with Gasteiger partial charge in [-0.1, -0.05) is 43.8 Å². The third-order valence-electron chi connectivity index (χ3n) is 5.64. The number of carboxylic acid groups (broad SMARTS) is 1. The Bertz CT molecular complexity index is 503. The largest absolute Gasteiger partial charge is 0.481 e. The molecule has 1 fully saturated rings. The zero-order chi connectivity index (χ0) is 20.1. The van der Waals surface area contributed by atoms with E-state index in [4.69, 9.17) is 5.11 Å². The molecule has 0 amide bonds. The van der Waals surface area contributed by atoms with Crippen LogP contribution in [0.15, 0.2) is 11.6 Å². The van der Waals surface area contributed by atoms with Crippen LogP contribution in [0.4, 0.5) is 0 Å². The van der Waals surface area contributed by atoms with Gasteiger partial charge >= 0.3 is 5.97 Å². The molecule has 0 aromatic heterocycles. The number of rotatable bonds is 15. The van der Waals surface area contributed by atoms with Crippen LogP contribution in [0.3, 0.4) is 0 Å². The van der Waals surface area contributed by atoms with Crippen LogP contribution in [0.5, 0.6) is 0 Å². The fraction of sp³-hybridized carbons (Fsp3) is 0.783. The van der Waals surface area contributed by atoms with Crippen LogP contribution in [0.2, 0.25) is 0 Å². The summed E-state index contributed by atoms with van der Waals surface area (Å²) in [6.45, 7) is 4.29. The smallest absolute Gasteiger partial charge is 0.310 e. The van der Waals surface area contributed by atoms with Crippen molar-refractivity contribution in [3.8, 4) is 0 Å². The van der Waals surface area contributed by atoms with Crippen LogP contribution in [0.25, 0.3) is 0 Å². The fourth-order valence-corrected chi connectivity index (χ4v) is 4.13. The topological polar surface area (TPSA) is 71.4 Å². The summed E-state index contributed by atoms with van der Waals surface area (Å²) in [5.41, 5.74) is 1.40. The monoisotopic (exact) mass is 378 g/mol. The molecular weight excluding hydrogens is 340 g/mol.